The number of carboxylic acid groups (broad SMARTS) is 2. The Bertz CT molecular complexity index is 756. The zero-order valence-corrected chi connectivity index (χ0v) is 16.6. The minimum absolute atomic E-state index is 0.00407. The summed E-state index contributed by atoms with van der Waals surface area (Å²) >= 11 is 0. The van der Waals surface area contributed by atoms with E-state index >= 15 is 0 Å². The van der Waals surface area contributed by atoms with Gasteiger partial charge >= 0.3 is 18.4 Å². The van der Waals surface area contributed by atoms with Crippen molar-refractivity contribution < 1.29 is 60.4 Å². The van der Waals surface area contributed by atoms with Gasteiger partial charge in [-0.05, 0) is 4.68 Å². The second-order valence-electron chi connectivity index (χ2n) is 6.64. The van der Waals surface area contributed by atoms with Gasteiger partial charge in [-0.3, -0.25) is 4.90 Å². The number of aromatic nitrogens is 3. The number of piperazine rings is 1. The molecule has 182 valence electrons. The second-order valence-corrected chi connectivity index (χ2v) is 6.64. The zero-order valence-electron chi connectivity index (χ0n) is 16.6. The minimum Gasteiger partial charge on any atom is -0.542 e. The van der Waals surface area contributed by atoms with Gasteiger partial charge in [-0.1, -0.05) is 0 Å². The monoisotopic (exact) mass is 478 g/mol. The van der Waals surface area contributed by atoms with Crippen LogP contribution < -0.4 is 25.0 Å². The highest BCUT2D eigenvalue weighted by Crippen LogP contribution is 2.12. The van der Waals surface area contributed by atoms with Crippen molar-refractivity contribution in [2.75, 3.05) is 39.8 Å². The molecular weight excluding hydrogens is 458 g/mol. The van der Waals surface area contributed by atoms with E-state index in [-0.39, 0.29) is 6.03 Å². The van der Waals surface area contributed by atoms with Crippen molar-refractivity contribution >= 4 is 18.0 Å². The van der Waals surface area contributed by atoms with Crippen molar-refractivity contribution in [2.45, 2.75) is 25.4 Å². The number of hydrogen-bond donors (Lipinski definition) is 2. The third kappa shape index (κ3) is 8.66. The molecule has 11 nitrogen and oxygen atoms in total. The van der Waals surface area contributed by atoms with Crippen LogP contribution in [0.15, 0.2) is 6.33 Å². The lowest BCUT2D eigenvalue weighted by Gasteiger charge is -2.27. The number of amides is 1. The van der Waals surface area contributed by atoms with Crippen LogP contribution in [-0.4, -0.2) is 84.8 Å². The number of nitrogens with zero attached hydrogens (tertiary/aromatic N) is 4. The molecule has 2 aliphatic rings. The molecule has 3 rings (SSSR count). The topological polar surface area (TPSA) is 139 Å². The fourth-order valence-corrected chi connectivity index (χ4v) is 2.45. The maximum Gasteiger partial charge on any atom is 0.430 e. The van der Waals surface area contributed by atoms with Crippen molar-refractivity contribution in [3.05, 3.63) is 12.2 Å². The summed E-state index contributed by atoms with van der Waals surface area (Å²) in [5.74, 6) is -5.07. The van der Waals surface area contributed by atoms with Gasteiger partial charge in [-0.15, -0.1) is 0 Å². The Balaban J connectivity index is 0.000000305. The van der Waals surface area contributed by atoms with E-state index in [4.69, 9.17) is 19.8 Å². The Hall–Kier alpha value is -2.95. The summed E-state index contributed by atoms with van der Waals surface area (Å²) in [6, 6.07) is 0.00407. The molecule has 0 bridgehead atoms. The molecule has 0 aromatic carbocycles. The average Bonchev–Trinajstić information content (AvgIpc) is 3.12. The van der Waals surface area contributed by atoms with E-state index in [9.17, 15) is 31.1 Å². The number of alkyl halides is 6. The number of carbonyl (C=O) groups is 3. The molecular formula is C15H20F6N6O5. The molecule has 1 amide bonds. The van der Waals surface area contributed by atoms with E-state index in [1.807, 2.05) is 11.2 Å². The Morgan fingerprint density at radius 3 is 1.94 bits per heavy atom. The average molecular weight is 478 g/mol. The molecule has 2 N–H and O–H groups in total. The molecule has 32 heavy (non-hydrogen) atoms. The van der Waals surface area contributed by atoms with E-state index in [2.05, 4.69) is 22.0 Å². The summed E-state index contributed by atoms with van der Waals surface area (Å²) in [4.78, 5) is 33.2. The third-order valence-electron chi connectivity index (χ3n) is 4.16. The van der Waals surface area contributed by atoms with Crippen LogP contribution in [0.25, 0.3) is 0 Å². The van der Waals surface area contributed by atoms with E-state index < -0.39 is 24.3 Å². The van der Waals surface area contributed by atoms with Crippen LogP contribution >= 0.6 is 0 Å². The molecule has 0 spiro atoms. The minimum atomic E-state index is -5.19. The Labute approximate surface area is 176 Å². The van der Waals surface area contributed by atoms with E-state index in [1.54, 1.807) is 0 Å². The lowest BCUT2D eigenvalue weighted by Crippen LogP contribution is -3.12. The summed E-state index contributed by atoms with van der Waals surface area (Å²) in [5.41, 5.74) is 0. The third-order valence-corrected chi connectivity index (χ3v) is 4.16. The number of carbonyl (C=O) groups excluding carboxylic acids is 3. The van der Waals surface area contributed by atoms with Gasteiger partial charge in [0.25, 0.3) is 5.82 Å². The van der Waals surface area contributed by atoms with Crippen LogP contribution in [0.5, 0.6) is 0 Å². The SMILES string of the molecule is C[NH+]1CCN(C(=O)n2c[n+]3c(n2)CNCC3)CC1.O=C([O-])C(F)(F)F.O=C([O-])C(F)(F)F. The number of carboxylic acids is 2. The van der Waals surface area contributed by atoms with Crippen molar-refractivity contribution in [1.29, 1.82) is 0 Å². The molecule has 3 heterocycles. The Morgan fingerprint density at radius 2 is 1.53 bits per heavy atom. The maximum atomic E-state index is 12.3. The van der Waals surface area contributed by atoms with Crippen LogP contribution in [0.3, 0.4) is 0 Å². The summed E-state index contributed by atoms with van der Waals surface area (Å²) in [6.45, 7) is 6.23. The van der Waals surface area contributed by atoms with Crippen LogP contribution in [0.2, 0.25) is 0 Å². The Morgan fingerprint density at radius 1 is 1.06 bits per heavy atom. The van der Waals surface area contributed by atoms with Gasteiger partial charge in [-0.25, -0.2) is 9.36 Å². The van der Waals surface area contributed by atoms with Gasteiger partial charge in [0.05, 0.1) is 51.4 Å². The Kier molecular flexibility index (Phi) is 9.37. The molecule has 1 aromatic rings. The van der Waals surface area contributed by atoms with Gasteiger partial charge in [-0.2, -0.15) is 26.3 Å². The first-order valence-corrected chi connectivity index (χ1v) is 8.98. The lowest BCUT2D eigenvalue weighted by atomic mass is 10.3. The number of aliphatic carboxylic acids is 2. The smallest absolute Gasteiger partial charge is 0.430 e. The second kappa shape index (κ2) is 11.1. The summed E-state index contributed by atoms with van der Waals surface area (Å²) in [6.07, 6.45) is -8.57. The van der Waals surface area contributed by atoms with Crippen molar-refractivity contribution in [1.82, 2.24) is 20.0 Å². The van der Waals surface area contributed by atoms with Crippen LogP contribution in [0.4, 0.5) is 31.1 Å². The predicted molar refractivity (Wildman–Crippen MR) is 85.2 cm³/mol. The normalized spacial score (nSPS) is 16.7. The summed E-state index contributed by atoms with van der Waals surface area (Å²) < 4.78 is 66.6. The van der Waals surface area contributed by atoms with Crippen molar-refractivity contribution in [3.8, 4) is 0 Å². The fourth-order valence-electron chi connectivity index (χ4n) is 2.45. The zero-order chi connectivity index (χ0) is 24.7. The largest absolute Gasteiger partial charge is 0.542 e. The number of fused-ring (bicyclic) bond motifs is 1. The quantitative estimate of drug-likeness (QED) is 0.284. The summed E-state index contributed by atoms with van der Waals surface area (Å²) in [7, 11) is 2.16. The first-order chi connectivity index (χ1) is 14.6. The number of likely N-dealkylation sites (N-methyl/N-ethyl adjacent to an activating group) is 1. The number of hydrogen-bond acceptors (Lipinski definition) is 7. The molecule has 0 aliphatic carbocycles. The van der Waals surface area contributed by atoms with Gasteiger partial charge in [0, 0.05) is 6.54 Å². The van der Waals surface area contributed by atoms with Gasteiger partial charge in [0.2, 0.25) is 6.33 Å². The van der Waals surface area contributed by atoms with Crippen LogP contribution in [-0.2, 0) is 22.7 Å². The molecule has 1 fully saturated rings. The van der Waals surface area contributed by atoms with Crippen molar-refractivity contribution in [3.63, 3.8) is 0 Å². The molecule has 1 aromatic heterocycles. The molecule has 0 atom stereocenters. The molecule has 0 radical (unpaired) electrons. The van der Waals surface area contributed by atoms with Gasteiger partial charge in [0.15, 0.2) is 0 Å². The van der Waals surface area contributed by atoms with Crippen LogP contribution in [0, 0.1) is 0 Å². The van der Waals surface area contributed by atoms with Crippen molar-refractivity contribution in [2.24, 2.45) is 0 Å². The molecule has 0 unspecified atom stereocenters. The first kappa shape index (κ1) is 27.1. The van der Waals surface area contributed by atoms with Gasteiger partial charge < -0.3 is 30.0 Å². The van der Waals surface area contributed by atoms with E-state index in [1.165, 1.54) is 9.58 Å². The number of nitrogens with one attached hydrogen (secondary N) is 2. The van der Waals surface area contributed by atoms with Gasteiger partial charge in [0.1, 0.15) is 11.9 Å². The van der Waals surface area contributed by atoms with Crippen LogP contribution in [0.1, 0.15) is 5.82 Å². The van der Waals surface area contributed by atoms with E-state index in [0.29, 0.717) is 0 Å². The number of halogens is 6. The van der Waals surface area contributed by atoms with E-state index in [0.717, 1.165) is 51.6 Å². The lowest BCUT2D eigenvalue weighted by molar-refractivity contribution is -0.883. The molecule has 0 saturated carbocycles. The number of rotatable bonds is 0. The highest BCUT2D eigenvalue weighted by Gasteiger charge is 2.31. The molecule has 1 saturated heterocycles. The molecule has 2 aliphatic heterocycles. The standard InChI is InChI=1S/C11H19N6O.2C2HF3O2/c1-14-4-6-15(7-5-14)11(18)17-9-16-3-2-12-8-10(16)13-17;2*3-2(4,5)1(6)7/h9,12H,2-8H2,1H3;2*(H,6,7)/q+1;;/p-1. The maximum absolute atomic E-state index is 12.3. The molecule has 17 heteroatoms. The highest BCUT2D eigenvalue weighted by molar-refractivity contribution is 5.75. The number of quaternary nitrogens is 1. The highest BCUT2D eigenvalue weighted by atomic mass is 19.4. The first-order valence-electron chi connectivity index (χ1n) is 8.98. The predicted octanol–water partition coefficient (Wildman–Crippen LogP) is -4.33. The fraction of sp³-hybridized carbons (Fsp3) is 0.667. The summed E-state index contributed by atoms with van der Waals surface area (Å²) in [5, 5.41) is 25.2.